The number of nitrogens with two attached hydrogens (primary N) is 1. The van der Waals surface area contributed by atoms with Crippen molar-refractivity contribution in [2.75, 3.05) is 19.7 Å². The van der Waals surface area contributed by atoms with Crippen LogP contribution in [0.2, 0.25) is 0 Å². The van der Waals surface area contributed by atoms with Crippen LogP contribution in [0.1, 0.15) is 31.4 Å². The number of piperidine rings is 1. The highest BCUT2D eigenvalue weighted by Gasteiger charge is 2.54. The molecule has 1 aliphatic heterocycles. The van der Waals surface area contributed by atoms with Crippen LogP contribution in [0, 0.1) is 17.8 Å². The lowest BCUT2D eigenvalue weighted by Crippen LogP contribution is -2.30. The van der Waals surface area contributed by atoms with Crippen molar-refractivity contribution in [2.24, 2.45) is 23.5 Å². The Kier molecular flexibility index (Phi) is 4.26. The number of benzene rings is 1. The normalized spacial score (nSPS) is 25.5. The van der Waals surface area contributed by atoms with E-state index in [4.69, 9.17) is 15.5 Å². The van der Waals surface area contributed by atoms with Crippen molar-refractivity contribution in [2.45, 2.75) is 31.8 Å². The van der Waals surface area contributed by atoms with Crippen LogP contribution in [0.3, 0.4) is 0 Å². The number of pyridine rings is 2. The first-order chi connectivity index (χ1) is 16.2. The Balaban J connectivity index is 1.23. The number of aromatic nitrogens is 4. The summed E-state index contributed by atoms with van der Waals surface area (Å²) in [5, 5.41) is 9.97. The predicted octanol–water partition coefficient (Wildman–Crippen LogP) is 3.68. The summed E-state index contributed by atoms with van der Waals surface area (Å²) < 4.78 is 8.18. The summed E-state index contributed by atoms with van der Waals surface area (Å²) in [6, 6.07) is 15.2. The summed E-state index contributed by atoms with van der Waals surface area (Å²) in [5.41, 5.74) is 9.91. The molecule has 3 aliphatic rings. The molecule has 4 aromatic rings. The Morgan fingerprint density at radius 3 is 2.73 bits per heavy atom. The Morgan fingerprint density at radius 1 is 1.06 bits per heavy atom. The topological polar surface area (TPSA) is 81.6 Å². The Morgan fingerprint density at radius 2 is 1.91 bits per heavy atom. The molecule has 7 heteroatoms. The molecule has 0 radical (unpaired) electrons. The summed E-state index contributed by atoms with van der Waals surface area (Å²) in [7, 11) is 0. The molecule has 1 unspecified atom stereocenters. The van der Waals surface area contributed by atoms with Gasteiger partial charge < -0.3 is 10.5 Å². The van der Waals surface area contributed by atoms with E-state index in [2.05, 4.69) is 56.9 Å². The van der Waals surface area contributed by atoms with E-state index in [1.807, 2.05) is 18.2 Å². The fourth-order valence-corrected chi connectivity index (χ4v) is 5.31. The average molecular weight is 441 g/mol. The SMILES string of the molecule is CC(c1ccc2nnc(-c3ccc4cccc(OCC5CC5)c4n3)n2c1)N1C[C@@H]2[C@@H](N)[C@@H]2C1. The zero-order valence-corrected chi connectivity index (χ0v) is 18.8. The molecular weight excluding hydrogens is 412 g/mol. The van der Waals surface area contributed by atoms with Crippen LogP contribution in [0.25, 0.3) is 28.1 Å². The van der Waals surface area contributed by atoms with Gasteiger partial charge in [0, 0.05) is 36.8 Å². The summed E-state index contributed by atoms with van der Waals surface area (Å²) in [4.78, 5) is 7.51. The van der Waals surface area contributed by atoms with E-state index >= 15 is 0 Å². The Labute approximate surface area is 192 Å². The molecule has 0 bridgehead atoms. The number of rotatable bonds is 6. The minimum atomic E-state index is 0.330. The molecule has 2 N–H and O–H groups in total. The number of hydrogen-bond acceptors (Lipinski definition) is 6. The molecule has 168 valence electrons. The number of nitrogens with zero attached hydrogens (tertiary/aromatic N) is 5. The third-order valence-electron chi connectivity index (χ3n) is 7.83. The first kappa shape index (κ1) is 19.4. The van der Waals surface area contributed by atoms with Gasteiger partial charge in [-0.15, -0.1) is 10.2 Å². The molecule has 0 amide bonds. The van der Waals surface area contributed by atoms with Crippen LogP contribution in [-0.4, -0.2) is 50.2 Å². The van der Waals surface area contributed by atoms with Gasteiger partial charge in [-0.2, -0.15) is 0 Å². The van der Waals surface area contributed by atoms with Crippen LogP contribution in [0.5, 0.6) is 5.75 Å². The van der Waals surface area contributed by atoms with Gasteiger partial charge in [-0.1, -0.05) is 24.3 Å². The van der Waals surface area contributed by atoms with Crippen LogP contribution in [-0.2, 0) is 0 Å². The zero-order chi connectivity index (χ0) is 22.1. The van der Waals surface area contributed by atoms with E-state index in [1.165, 1.54) is 18.4 Å². The Bertz CT molecular complexity index is 1350. The maximum absolute atomic E-state index is 6.14. The van der Waals surface area contributed by atoms with Crippen LogP contribution < -0.4 is 10.5 Å². The minimum absolute atomic E-state index is 0.330. The van der Waals surface area contributed by atoms with Crippen LogP contribution in [0.4, 0.5) is 0 Å². The molecule has 3 fully saturated rings. The van der Waals surface area contributed by atoms with Gasteiger partial charge >= 0.3 is 0 Å². The van der Waals surface area contributed by atoms with Gasteiger partial charge in [-0.05, 0) is 61.3 Å². The number of likely N-dealkylation sites (tertiary alicyclic amines) is 1. The first-order valence-corrected chi connectivity index (χ1v) is 12.0. The fraction of sp³-hybridized carbons (Fsp3) is 0.423. The number of hydrogen-bond donors (Lipinski definition) is 1. The van der Waals surface area contributed by atoms with Crippen molar-refractivity contribution >= 4 is 16.6 Å². The number of fused-ring (bicyclic) bond motifs is 3. The molecule has 2 aliphatic carbocycles. The standard InChI is InChI=1S/C26H28N6O/c1-15(31-12-19-20(13-31)24(19)27)18-8-10-23-29-30-26(32(23)11-18)21-9-7-17-3-2-4-22(25(17)28-21)33-14-16-5-6-16/h2-4,7-11,15-16,19-20,24H,5-6,12-14,27H2,1H3/t15?,19-,20+,24+. The van der Waals surface area contributed by atoms with E-state index in [-0.39, 0.29) is 0 Å². The monoisotopic (exact) mass is 440 g/mol. The van der Waals surface area contributed by atoms with Crippen LogP contribution in [0.15, 0.2) is 48.7 Å². The first-order valence-electron chi connectivity index (χ1n) is 12.0. The molecule has 4 heterocycles. The van der Waals surface area contributed by atoms with E-state index < -0.39 is 0 Å². The second kappa shape index (κ2) is 7.23. The van der Waals surface area contributed by atoms with Gasteiger partial charge in [-0.25, -0.2) is 4.98 Å². The van der Waals surface area contributed by atoms with Crippen molar-refractivity contribution in [3.8, 4) is 17.3 Å². The van der Waals surface area contributed by atoms with E-state index in [9.17, 15) is 0 Å². The number of para-hydroxylation sites is 1. The maximum Gasteiger partial charge on any atom is 0.187 e. The van der Waals surface area contributed by atoms with Crippen molar-refractivity contribution in [1.29, 1.82) is 0 Å². The molecule has 2 saturated carbocycles. The molecule has 4 atom stereocenters. The number of ether oxygens (including phenoxy) is 1. The molecule has 33 heavy (non-hydrogen) atoms. The molecular formula is C26H28N6O. The second-order valence-corrected chi connectivity index (χ2v) is 10.0. The summed E-state index contributed by atoms with van der Waals surface area (Å²) in [6.45, 7) is 5.23. The molecule has 7 rings (SSSR count). The molecule has 1 saturated heterocycles. The largest absolute Gasteiger partial charge is 0.491 e. The summed E-state index contributed by atoms with van der Waals surface area (Å²) >= 11 is 0. The highest BCUT2D eigenvalue weighted by atomic mass is 16.5. The van der Waals surface area contributed by atoms with Crippen molar-refractivity contribution < 1.29 is 4.74 Å². The fourth-order valence-electron chi connectivity index (χ4n) is 5.31. The molecule has 3 aromatic heterocycles. The average Bonchev–Trinajstić information content (AvgIpc) is 3.65. The zero-order valence-electron chi connectivity index (χ0n) is 18.8. The minimum Gasteiger partial charge on any atom is -0.491 e. The quantitative estimate of drug-likeness (QED) is 0.493. The third kappa shape index (κ3) is 3.30. The van der Waals surface area contributed by atoms with Crippen molar-refractivity contribution in [3.05, 3.63) is 54.2 Å². The highest BCUT2D eigenvalue weighted by molar-refractivity contribution is 5.86. The maximum atomic E-state index is 6.14. The van der Waals surface area contributed by atoms with Gasteiger partial charge in [0.05, 0.1) is 6.61 Å². The molecule has 7 nitrogen and oxygen atoms in total. The van der Waals surface area contributed by atoms with Gasteiger partial charge in [0.25, 0.3) is 0 Å². The van der Waals surface area contributed by atoms with Crippen molar-refractivity contribution in [3.63, 3.8) is 0 Å². The smallest absolute Gasteiger partial charge is 0.187 e. The summed E-state index contributed by atoms with van der Waals surface area (Å²) in [6.07, 6.45) is 4.70. The lowest BCUT2D eigenvalue weighted by atomic mass is 10.1. The van der Waals surface area contributed by atoms with E-state index in [0.29, 0.717) is 29.8 Å². The van der Waals surface area contributed by atoms with Gasteiger partial charge in [0.1, 0.15) is 17.0 Å². The Hall–Kier alpha value is -3.03. The lowest BCUT2D eigenvalue weighted by Gasteiger charge is -2.26. The van der Waals surface area contributed by atoms with Crippen molar-refractivity contribution in [1.82, 2.24) is 24.5 Å². The van der Waals surface area contributed by atoms with E-state index in [0.717, 1.165) is 53.5 Å². The molecule has 0 spiro atoms. The predicted molar refractivity (Wildman–Crippen MR) is 127 cm³/mol. The van der Waals surface area contributed by atoms with Gasteiger partial charge in [-0.3, -0.25) is 9.30 Å². The summed E-state index contributed by atoms with van der Waals surface area (Å²) in [5.74, 6) is 3.65. The van der Waals surface area contributed by atoms with Crippen LogP contribution >= 0.6 is 0 Å². The highest BCUT2D eigenvalue weighted by Crippen LogP contribution is 2.46. The van der Waals surface area contributed by atoms with Gasteiger partial charge in [0.15, 0.2) is 11.5 Å². The van der Waals surface area contributed by atoms with Gasteiger partial charge in [0.2, 0.25) is 0 Å². The van der Waals surface area contributed by atoms with E-state index in [1.54, 1.807) is 0 Å². The third-order valence-corrected chi connectivity index (χ3v) is 7.83. The second-order valence-electron chi connectivity index (χ2n) is 10.0. The lowest BCUT2D eigenvalue weighted by molar-refractivity contribution is 0.231. The molecule has 1 aromatic carbocycles.